The SMILES string of the molecule is NC(=O)C1CCN(C(=O)Cn2c(=O)n(C3CCCCC3)c(=O)c3ccccc32)CC1. The number of nitrogens with two attached hydrogens (primary N) is 1. The van der Waals surface area contributed by atoms with Crippen molar-refractivity contribution in [3.8, 4) is 0 Å². The molecule has 1 aliphatic carbocycles. The van der Waals surface area contributed by atoms with Gasteiger partial charge >= 0.3 is 5.69 Å². The number of hydrogen-bond donors (Lipinski definition) is 1. The minimum atomic E-state index is -0.411. The van der Waals surface area contributed by atoms with Crippen LogP contribution in [0.2, 0.25) is 0 Å². The monoisotopic (exact) mass is 412 g/mol. The Morgan fingerprint density at radius 3 is 2.30 bits per heavy atom. The Bertz CT molecular complexity index is 1070. The number of para-hydroxylation sites is 1. The van der Waals surface area contributed by atoms with Crippen molar-refractivity contribution < 1.29 is 9.59 Å². The Morgan fingerprint density at radius 2 is 1.63 bits per heavy atom. The smallest absolute Gasteiger partial charge is 0.332 e. The number of primary amides is 1. The van der Waals surface area contributed by atoms with Crippen LogP contribution in [0.3, 0.4) is 0 Å². The average molecular weight is 412 g/mol. The Balaban J connectivity index is 1.68. The summed E-state index contributed by atoms with van der Waals surface area (Å²) in [7, 11) is 0. The molecule has 2 N–H and O–H groups in total. The molecule has 2 heterocycles. The predicted molar refractivity (Wildman–Crippen MR) is 113 cm³/mol. The molecular weight excluding hydrogens is 384 g/mol. The molecule has 30 heavy (non-hydrogen) atoms. The molecule has 160 valence electrons. The van der Waals surface area contributed by atoms with Crippen molar-refractivity contribution in [1.82, 2.24) is 14.0 Å². The molecule has 8 nitrogen and oxygen atoms in total. The van der Waals surface area contributed by atoms with Crippen molar-refractivity contribution in [2.24, 2.45) is 11.7 Å². The van der Waals surface area contributed by atoms with Gasteiger partial charge < -0.3 is 10.6 Å². The molecular formula is C22H28N4O4. The number of rotatable bonds is 4. The lowest BCUT2D eigenvalue weighted by Gasteiger charge is -2.31. The fourth-order valence-electron chi connectivity index (χ4n) is 4.80. The van der Waals surface area contributed by atoms with E-state index < -0.39 is 5.69 Å². The molecule has 0 radical (unpaired) electrons. The zero-order valence-corrected chi connectivity index (χ0v) is 17.1. The van der Waals surface area contributed by atoms with Crippen LogP contribution in [-0.4, -0.2) is 38.9 Å². The van der Waals surface area contributed by atoms with Gasteiger partial charge in [-0.05, 0) is 37.8 Å². The minimum absolute atomic E-state index is 0.115. The van der Waals surface area contributed by atoms with Crippen molar-refractivity contribution in [3.05, 3.63) is 45.1 Å². The van der Waals surface area contributed by atoms with E-state index in [1.54, 1.807) is 29.2 Å². The van der Waals surface area contributed by atoms with Gasteiger partial charge in [0.1, 0.15) is 6.54 Å². The molecule has 0 unspecified atom stereocenters. The van der Waals surface area contributed by atoms with E-state index in [1.807, 2.05) is 0 Å². The fraction of sp³-hybridized carbons (Fsp3) is 0.545. The summed E-state index contributed by atoms with van der Waals surface area (Å²) in [6.07, 6.45) is 5.81. The number of nitrogens with zero attached hydrogens (tertiary/aromatic N) is 3. The van der Waals surface area contributed by atoms with E-state index in [0.29, 0.717) is 36.8 Å². The predicted octanol–water partition coefficient (Wildman–Crippen LogP) is 1.39. The number of carbonyl (C=O) groups excluding carboxylic acids is 2. The first-order valence-electron chi connectivity index (χ1n) is 10.8. The van der Waals surface area contributed by atoms with Crippen LogP contribution in [0.15, 0.2) is 33.9 Å². The second-order valence-corrected chi connectivity index (χ2v) is 8.41. The fourth-order valence-corrected chi connectivity index (χ4v) is 4.80. The van der Waals surface area contributed by atoms with E-state index in [4.69, 9.17) is 5.73 Å². The summed E-state index contributed by atoms with van der Waals surface area (Å²) in [5.74, 6) is -0.714. The summed E-state index contributed by atoms with van der Waals surface area (Å²) in [5.41, 5.74) is 5.18. The quantitative estimate of drug-likeness (QED) is 0.819. The second kappa shape index (κ2) is 8.45. The van der Waals surface area contributed by atoms with E-state index in [0.717, 1.165) is 32.1 Å². The lowest BCUT2D eigenvalue weighted by atomic mass is 9.95. The zero-order valence-electron chi connectivity index (χ0n) is 17.1. The lowest BCUT2D eigenvalue weighted by Crippen LogP contribution is -2.47. The summed E-state index contributed by atoms with van der Waals surface area (Å²) in [4.78, 5) is 52.5. The topological polar surface area (TPSA) is 107 Å². The van der Waals surface area contributed by atoms with Gasteiger partial charge in [0.25, 0.3) is 5.56 Å². The second-order valence-electron chi connectivity index (χ2n) is 8.41. The van der Waals surface area contributed by atoms with Crippen molar-refractivity contribution in [2.45, 2.75) is 57.5 Å². The van der Waals surface area contributed by atoms with Crippen LogP contribution in [-0.2, 0) is 16.1 Å². The van der Waals surface area contributed by atoms with Gasteiger partial charge in [-0.3, -0.25) is 23.5 Å². The van der Waals surface area contributed by atoms with E-state index in [9.17, 15) is 19.2 Å². The van der Waals surface area contributed by atoms with Crippen LogP contribution in [0.4, 0.5) is 0 Å². The van der Waals surface area contributed by atoms with Gasteiger partial charge in [0, 0.05) is 25.0 Å². The first kappa shape index (κ1) is 20.4. The highest BCUT2D eigenvalue weighted by molar-refractivity contribution is 5.82. The van der Waals surface area contributed by atoms with Gasteiger partial charge in [-0.15, -0.1) is 0 Å². The first-order chi connectivity index (χ1) is 14.5. The Labute approximate surface area is 174 Å². The molecule has 1 aliphatic heterocycles. The van der Waals surface area contributed by atoms with Gasteiger partial charge in [-0.1, -0.05) is 31.4 Å². The highest BCUT2D eigenvalue weighted by Gasteiger charge is 2.27. The van der Waals surface area contributed by atoms with E-state index in [1.165, 1.54) is 9.13 Å². The number of piperidine rings is 1. The van der Waals surface area contributed by atoms with E-state index in [2.05, 4.69) is 0 Å². The Hall–Kier alpha value is -2.90. The minimum Gasteiger partial charge on any atom is -0.369 e. The third-order valence-electron chi connectivity index (χ3n) is 6.56. The standard InChI is InChI=1S/C22H28N4O4/c23-20(28)15-10-12-24(13-11-15)19(27)14-25-18-9-5-4-8-17(18)21(29)26(22(25)30)16-6-2-1-3-7-16/h4-5,8-9,15-16H,1-3,6-7,10-14H2,(H2,23,28). The third kappa shape index (κ3) is 3.78. The summed E-state index contributed by atoms with van der Waals surface area (Å²) >= 11 is 0. The van der Waals surface area contributed by atoms with Crippen LogP contribution >= 0.6 is 0 Å². The summed E-state index contributed by atoms with van der Waals surface area (Å²) in [5, 5.41) is 0.461. The van der Waals surface area contributed by atoms with Crippen LogP contribution in [0, 0.1) is 5.92 Å². The van der Waals surface area contributed by atoms with Crippen LogP contribution in [0.1, 0.15) is 51.0 Å². The molecule has 0 atom stereocenters. The van der Waals surface area contributed by atoms with E-state index in [-0.39, 0.29) is 35.9 Å². The molecule has 0 spiro atoms. The van der Waals surface area contributed by atoms with E-state index >= 15 is 0 Å². The molecule has 2 amide bonds. The van der Waals surface area contributed by atoms with Gasteiger partial charge in [-0.25, -0.2) is 4.79 Å². The maximum absolute atomic E-state index is 13.4. The van der Waals surface area contributed by atoms with Crippen LogP contribution < -0.4 is 17.0 Å². The van der Waals surface area contributed by atoms with Gasteiger partial charge in [-0.2, -0.15) is 0 Å². The number of carbonyl (C=O) groups is 2. The van der Waals surface area contributed by atoms with Gasteiger partial charge in [0.2, 0.25) is 11.8 Å². The molecule has 1 aromatic carbocycles. The molecule has 1 aromatic heterocycles. The Kier molecular flexibility index (Phi) is 5.74. The van der Waals surface area contributed by atoms with Crippen molar-refractivity contribution in [3.63, 3.8) is 0 Å². The zero-order chi connectivity index (χ0) is 21.3. The average Bonchev–Trinajstić information content (AvgIpc) is 2.77. The summed E-state index contributed by atoms with van der Waals surface area (Å²) in [6, 6.07) is 6.87. The highest BCUT2D eigenvalue weighted by atomic mass is 16.2. The lowest BCUT2D eigenvalue weighted by molar-refractivity contribution is -0.135. The van der Waals surface area contributed by atoms with Crippen LogP contribution in [0.25, 0.3) is 10.9 Å². The molecule has 8 heteroatoms. The third-order valence-corrected chi connectivity index (χ3v) is 6.56. The van der Waals surface area contributed by atoms with Crippen molar-refractivity contribution in [1.29, 1.82) is 0 Å². The number of benzene rings is 1. The normalized spacial score (nSPS) is 18.6. The summed E-state index contributed by atoms with van der Waals surface area (Å²) < 4.78 is 2.81. The van der Waals surface area contributed by atoms with Gasteiger partial charge in [0.15, 0.2) is 0 Å². The maximum atomic E-state index is 13.4. The molecule has 1 saturated heterocycles. The molecule has 2 aliphatic rings. The number of amides is 2. The highest BCUT2D eigenvalue weighted by Crippen LogP contribution is 2.26. The Morgan fingerprint density at radius 1 is 0.967 bits per heavy atom. The van der Waals surface area contributed by atoms with Crippen molar-refractivity contribution in [2.75, 3.05) is 13.1 Å². The summed E-state index contributed by atoms with van der Waals surface area (Å²) in [6.45, 7) is 0.774. The molecule has 4 rings (SSSR count). The van der Waals surface area contributed by atoms with Crippen molar-refractivity contribution >= 4 is 22.7 Å². The molecule has 2 aromatic rings. The molecule has 2 fully saturated rings. The maximum Gasteiger partial charge on any atom is 0.332 e. The number of fused-ring (bicyclic) bond motifs is 1. The number of likely N-dealkylation sites (tertiary alicyclic amines) is 1. The molecule has 1 saturated carbocycles. The first-order valence-corrected chi connectivity index (χ1v) is 10.8. The largest absolute Gasteiger partial charge is 0.369 e. The number of aromatic nitrogens is 2. The number of hydrogen-bond acceptors (Lipinski definition) is 4. The molecule has 0 bridgehead atoms. The van der Waals surface area contributed by atoms with Gasteiger partial charge in [0.05, 0.1) is 10.9 Å². The van der Waals surface area contributed by atoms with Crippen LogP contribution in [0.5, 0.6) is 0 Å².